The third kappa shape index (κ3) is 10.7. The van der Waals surface area contributed by atoms with Gasteiger partial charge in [0.25, 0.3) is 0 Å². The number of hydrogen-bond acceptors (Lipinski definition) is 4. The van der Waals surface area contributed by atoms with Gasteiger partial charge in [0, 0.05) is 13.0 Å². The third-order valence-electron chi connectivity index (χ3n) is 1.69. The van der Waals surface area contributed by atoms with Gasteiger partial charge < -0.3 is 14.6 Å². The second kappa shape index (κ2) is 10.1. The minimum absolute atomic E-state index is 0.00330. The first-order chi connectivity index (χ1) is 7.66. The lowest BCUT2D eigenvalue weighted by Gasteiger charge is -2.03. The van der Waals surface area contributed by atoms with E-state index >= 15 is 0 Å². The number of carbonyl (C=O) groups is 2. The Morgan fingerprint density at radius 1 is 1.06 bits per heavy atom. The van der Waals surface area contributed by atoms with Crippen molar-refractivity contribution in [3.63, 3.8) is 0 Å². The molecule has 0 aromatic heterocycles. The zero-order valence-electron chi connectivity index (χ0n) is 9.11. The van der Waals surface area contributed by atoms with Gasteiger partial charge in [0.1, 0.15) is 0 Å². The maximum absolute atomic E-state index is 10.7. The van der Waals surface area contributed by atoms with Gasteiger partial charge in [0.2, 0.25) is 5.78 Å². The molecule has 0 saturated carbocycles. The SMILES string of the molecule is C#CC(=O)CCCOCCOCCC(=O)O. The monoisotopic (exact) mass is 228 g/mol. The standard InChI is InChI=1S/C11H16O5/c1-2-10(12)4-3-6-15-8-9-16-7-5-11(13)14/h1H,3-9H2,(H,13,14). The lowest BCUT2D eigenvalue weighted by atomic mass is 10.2. The van der Waals surface area contributed by atoms with Crippen molar-refractivity contribution >= 4 is 11.8 Å². The van der Waals surface area contributed by atoms with Crippen molar-refractivity contribution in [1.29, 1.82) is 0 Å². The van der Waals surface area contributed by atoms with E-state index in [2.05, 4.69) is 0 Å². The fraction of sp³-hybridized carbons (Fsp3) is 0.636. The Kier molecular flexibility index (Phi) is 9.27. The van der Waals surface area contributed by atoms with Crippen molar-refractivity contribution in [3.05, 3.63) is 0 Å². The van der Waals surface area contributed by atoms with E-state index in [1.165, 1.54) is 0 Å². The van der Waals surface area contributed by atoms with Crippen LogP contribution in [0.5, 0.6) is 0 Å². The molecule has 0 saturated heterocycles. The fourth-order valence-electron chi connectivity index (χ4n) is 0.888. The summed E-state index contributed by atoms with van der Waals surface area (Å²) >= 11 is 0. The lowest BCUT2D eigenvalue weighted by Crippen LogP contribution is -2.09. The van der Waals surface area contributed by atoms with Crippen molar-refractivity contribution < 1.29 is 24.2 Å². The molecule has 0 bridgehead atoms. The average Bonchev–Trinajstić information content (AvgIpc) is 2.26. The summed E-state index contributed by atoms with van der Waals surface area (Å²) in [7, 11) is 0. The lowest BCUT2D eigenvalue weighted by molar-refractivity contribution is -0.138. The van der Waals surface area contributed by atoms with Gasteiger partial charge >= 0.3 is 5.97 Å². The van der Waals surface area contributed by atoms with E-state index in [4.69, 9.17) is 21.0 Å². The van der Waals surface area contributed by atoms with Crippen LogP contribution in [0.25, 0.3) is 0 Å². The summed E-state index contributed by atoms with van der Waals surface area (Å²) in [5.74, 6) is 0.918. The highest BCUT2D eigenvalue weighted by molar-refractivity contribution is 5.94. The summed E-state index contributed by atoms with van der Waals surface area (Å²) in [6.45, 7) is 1.39. The Balaban J connectivity index is 3.08. The fourth-order valence-corrected chi connectivity index (χ4v) is 0.888. The zero-order chi connectivity index (χ0) is 12.2. The van der Waals surface area contributed by atoms with Crippen LogP contribution in [0.15, 0.2) is 0 Å². The van der Waals surface area contributed by atoms with Crippen LogP contribution >= 0.6 is 0 Å². The Labute approximate surface area is 94.7 Å². The molecule has 5 nitrogen and oxygen atoms in total. The second-order valence-corrected chi connectivity index (χ2v) is 3.04. The molecule has 0 aliphatic heterocycles. The summed E-state index contributed by atoms with van der Waals surface area (Å²) in [4.78, 5) is 20.8. The van der Waals surface area contributed by atoms with E-state index in [1.54, 1.807) is 0 Å². The van der Waals surface area contributed by atoms with Gasteiger partial charge in [-0.3, -0.25) is 9.59 Å². The van der Waals surface area contributed by atoms with Crippen molar-refractivity contribution in [1.82, 2.24) is 0 Å². The zero-order valence-corrected chi connectivity index (χ0v) is 9.11. The van der Waals surface area contributed by atoms with E-state index in [0.717, 1.165) is 0 Å². The normalized spacial score (nSPS) is 9.69. The van der Waals surface area contributed by atoms with Crippen molar-refractivity contribution in [2.24, 2.45) is 0 Å². The Hall–Kier alpha value is -1.38. The summed E-state index contributed by atoms with van der Waals surface area (Å²) < 4.78 is 10.1. The number of ether oxygens (including phenoxy) is 2. The molecular weight excluding hydrogens is 212 g/mol. The van der Waals surface area contributed by atoms with Gasteiger partial charge in [-0.15, -0.1) is 6.42 Å². The quantitative estimate of drug-likeness (QED) is 0.334. The molecule has 0 spiro atoms. The van der Waals surface area contributed by atoms with Gasteiger partial charge in [-0.2, -0.15) is 0 Å². The number of Topliss-reactive ketones (excluding diaryl/α,β-unsaturated/α-hetero) is 1. The molecular formula is C11H16O5. The van der Waals surface area contributed by atoms with Crippen LogP contribution in [0.1, 0.15) is 19.3 Å². The molecule has 0 radical (unpaired) electrons. The molecule has 0 rings (SSSR count). The largest absolute Gasteiger partial charge is 0.481 e. The number of carbonyl (C=O) groups excluding carboxylic acids is 1. The van der Waals surface area contributed by atoms with E-state index < -0.39 is 5.97 Å². The number of terminal acetylenes is 1. The highest BCUT2D eigenvalue weighted by atomic mass is 16.5. The molecule has 16 heavy (non-hydrogen) atoms. The highest BCUT2D eigenvalue weighted by Crippen LogP contribution is 1.91. The van der Waals surface area contributed by atoms with E-state index in [0.29, 0.717) is 32.7 Å². The Morgan fingerprint density at radius 3 is 2.25 bits per heavy atom. The molecule has 5 heteroatoms. The van der Waals surface area contributed by atoms with Crippen molar-refractivity contribution in [2.75, 3.05) is 26.4 Å². The van der Waals surface area contributed by atoms with Gasteiger partial charge in [-0.25, -0.2) is 0 Å². The average molecular weight is 228 g/mol. The van der Waals surface area contributed by atoms with E-state index in [9.17, 15) is 9.59 Å². The van der Waals surface area contributed by atoms with Crippen LogP contribution in [-0.4, -0.2) is 43.3 Å². The molecule has 0 amide bonds. The van der Waals surface area contributed by atoms with Gasteiger partial charge in [0.05, 0.1) is 26.2 Å². The maximum Gasteiger partial charge on any atom is 0.305 e. The summed E-state index contributed by atoms with van der Waals surface area (Å²) in [6, 6.07) is 0. The van der Waals surface area contributed by atoms with Gasteiger partial charge in [0.15, 0.2) is 0 Å². The first kappa shape index (κ1) is 14.6. The maximum atomic E-state index is 10.7. The highest BCUT2D eigenvalue weighted by Gasteiger charge is 1.97. The number of carboxylic acid groups (broad SMARTS) is 1. The predicted octanol–water partition coefficient (Wildman–Crippen LogP) is 0.477. The minimum Gasteiger partial charge on any atom is -0.481 e. The van der Waals surface area contributed by atoms with Gasteiger partial charge in [-0.1, -0.05) is 0 Å². The minimum atomic E-state index is -0.881. The Morgan fingerprint density at radius 2 is 1.69 bits per heavy atom. The Bertz CT molecular complexity index is 254. The number of ketones is 1. The van der Waals surface area contributed by atoms with E-state index in [1.807, 2.05) is 5.92 Å². The van der Waals surface area contributed by atoms with Crippen molar-refractivity contribution in [2.45, 2.75) is 19.3 Å². The van der Waals surface area contributed by atoms with Crippen molar-refractivity contribution in [3.8, 4) is 12.3 Å². The first-order valence-electron chi connectivity index (χ1n) is 5.03. The number of carboxylic acids is 1. The molecule has 0 fully saturated rings. The van der Waals surface area contributed by atoms with Crippen LogP contribution < -0.4 is 0 Å². The molecule has 0 unspecified atom stereocenters. The van der Waals surface area contributed by atoms with Crippen LogP contribution in [0.4, 0.5) is 0 Å². The predicted molar refractivity (Wildman–Crippen MR) is 57.0 cm³/mol. The molecule has 0 heterocycles. The molecule has 90 valence electrons. The molecule has 0 aliphatic carbocycles. The third-order valence-corrected chi connectivity index (χ3v) is 1.69. The van der Waals surface area contributed by atoms with Gasteiger partial charge in [-0.05, 0) is 12.3 Å². The van der Waals surface area contributed by atoms with Crippen LogP contribution in [0.3, 0.4) is 0 Å². The molecule has 0 aromatic carbocycles. The van der Waals surface area contributed by atoms with Crippen LogP contribution in [0, 0.1) is 12.3 Å². The molecule has 0 aliphatic rings. The number of hydrogen-bond donors (Lipinski definition) is 1. The van der Waals surface area contributed by atoms with Crippen LogP contribution in [0.2, 0.25) is 0 Å². The summed E-state index contributed by atoms with van der Waals surface area (Å²) in [5.41, 5.74) is 0. The summed E-state index contributed by atoms with van der Waals surface area (Å²) in [5, 5.41) is 8.30. The smallest absolute Gasteiger partial charge is 0.305 e. The van der Waals surface area contributed by atoms with Crippen LogP contribution in [-0.2, 0) is 19.1 Å². The number of rotatable bonds is 10. The molecule has 1 N–H and O–H groups in total. The van der Waals surface area contributed by atoms with E-state index in [-0.39, 0.29) is 18.8 Å². The second-order valence-electron chi connectivity index (χ2n) is 3.04. The molecule has 0 atom stereocenters. The molecule has 0 aromatic rings. The first-order valence-corrected chi connectivity index (χ1v) is 5.03. The topological polar surface area (TPSA) is 72.8 Å². The number of aliphatic carboxylic acids is 1. The summed E-state index contributed by atoms with van der Waals surface area (Å²) in [6.07, 6.45) is 5.81.